The highest BCUT2D eigenvalue weighted by Gasteiger charge is 2.21. The second-order valence-electron chi connectivity index (χ2n) is 4.77. The number of ether oxygens (including phenoxy) is 1. The number of pyridine rings is 1. The van der Waals surface area contributed by atoms with E-state index < -0.39 is 0 Å². The molecule has 9 heteroatoms. The van der Waals surface area contributed by atoms with Crippen LogP contribution in [0.2, 0.25) is 0 Å². The van der Waals surface area contributed by atoms with Crippen LogP contribution in [0.25, 0.3) is 5.82 Å². The van der Waals surface area contributed by atoms with Crippen molar-refractivity contribution in [1.29, 1.82) is 0 Å². The van der Waals surface area contributed by atoms with E-state index in [2.05, 4.69) is 20.2 Å². The Balaban J connectivity index is 2.04. The van der Waals surface area contributed by atoms with Crippen LogP contribution in [-0.4, -0.2) is 47.5 Å². The lowest BCUT2D eigenvalue weighted by Crippen LogP contribution is -2.10. The minimum Gasteiger partial charge on any atom is -0.493 e. The maximum atomic E-state index is 12.6. The smallest absolute Gasteiger partial charge is 0.220 e. The van der Waals surface area contributed by atoms with E-state index in [1.54, 1.807) is 19.2 Å². The molecule has 0 aliphatic rings. The minimum absolute atomic E-state index is 0.111. The Labute approximate surface area is 131 Å². The fraction of sp³-hybridized carbons (Fsp3) is 0.214. The first-order valence-electron chi connectivity index (χ1n) is 6.71. The lowest BCUT2D eigenvalue weighted by atomic mass is 10.0. The van der Waals surface area contributed by atoms with Crippen molar-refractivity contribution in [2.45, 2.75) is 6.61 Å². The molecular weight excluding hydrogens is 300 g/mol. The molecule has 0 radical (unpaired) electrons. The van der Waals surface area contributed by atoms with Gasteiger partial charge in [-0.1, -0.05) is 0 Å². The summed E-state index contributed by atoms with van der Waals surface area (Å²) >= 11 is 0. The Kier molecular flexibility index (Phi) is 3.85. The number of rotatable bonds is 5. The summed E-state index contributed by atoms with van der Waals surface area (Å²) in [4.78, 5) is 20.9. The van der Waals surface area contributed by atoms with Crippen LogP contribution in [-0.2, 0) is 18.4 Å². The van der Waals surface area contributed by atoms with Crippen molar-refractivity contribution in [3.63, 3.8) is 0 Å². The van der Waals surface area contributed by atoms with Gasteiger partial charge >= 0.3 is 0 Å². The molecule has 1 N–H and O–H groups in total. The van der Waals surface area contributed by atoms with Gasteiger partial charge in [0.25, 0.3) is 0 Å². The van der Waals surface area contributed by atoms with Crippen molar-refractivity contribution in [3.8, 4) is 11.7 Å². The summed E-state index contributed by atoms with van der Waals surface area (Å²) in [5, 5.41) is 17.8. The SMILES string of the molecule is COCc1nc(-n2cncn2)ccc1C(=O)c1cnn(C)c1O. The minimum atomic E-state index is -0.375. The molecule has 0 amide bonds. The summed E-state index contributed by atoms with van der Waals surface area (Å²) in [5.74, 6) is -0.0551. The summed E-state index contributed by atoms with van der Waals surface area (Å²) in [6, 6.07) is 3.27. The normalized spacial score (nSPS) is 10.9. The van der Waals surface area contributed by atoms with Crippen LogP contribution in [0.15, 0.2) is 31.0 Å². The summed E-state index contributed by atoms with van der Waals surface area (Å²) in [7, 11) is 3.06. The predicted molar refractivity (Wildman–Crippen MR) is 78.2 cm³/mol. The first-order chi connectivity index (χ1) is 11.1. The van der Waals surface area contributed by atoms with Crippen LogP contribution in [0.1, 0.15) is 21.6 Å². The van der Waals surface area contributed by atoms with Gasteiger partial charge in [-0.3, -0.25) is 4.79 Å². The van der Waals surface area contributed by atoms with Crippen LogP contribution in [0.5, 0.6) is 5.88 Å². The number of hydrogen-bond donors (Lipinski definition) is 1. The average Bonchev–Trinajstić information content (AvgIpc) is 3.19. The molecule has 3 rings (SSSR count). The molecular formula is C14H14N6O3. The van der Waals surface area contributed by atoms with Crippen molar-refractivity contribution < 1.29 is 14.6 Å². The monoisotopic (exact) mass is 314 g/mol. The molecule has 9 nitrogen and oxygen atoms in total. The summed E-state index contributed by atoms with van der Waals surface area (Å²) in [6.45, 7) is 0.143. The van der Waals surface area contributed by atoms with Gasteiger partial charge in [0, 0.05) is 19.7 Å². The zero-order valence-electron chi connectivity index (χ0n) is 12.5. The molecule has 0 spiro atoms. The fourth-order valence-electron chi connectivity index (χ4n) is 2.13. The number of carbonyl (C=O) groups excluding carboxylic acids is 1. The molecule has 3 aromatic rings. The third kappa shape index (κ3) is 2.69. The molecule has 0 aliphatic heterocycles. The van der Waals surface area contributed by atoms with Crippen LogP contribution < -0.4 is 0 Å². The molecule has 0 fully saturated rings. The van der Waals surface area contributed by atoms with Crippen LogP contribution in [0.4, 0.5) is 0 Å². The molecule has 0 saturated heterocycles. The predicted octanol–water partition coefficient (Wildman–Crippen LogP) is 0.479. The lowest BCUT2D eigenvalue weighted by Gasteiger charge is -2.09. The third-order valence-corrected chi connectivity index (χ3v) is 3.29. The molecule has 0 saturated carbocycles. The molecule has 3 heterocycles. The largest absolute Gasteiger partial charge is 0.493 e. The van der Waals surface area contributed by atoms with Gasteiger partial charge in [0.1, 0.15) is 18.2 Å². The highest BCUT2D eigenvalue weighted by atomic mass is 16.5. The van der Waals surface area contributed by atoms with Crippen LogP contribution >= 0.6 is 0 Å². The summed E-state index contributed by atoms with van der Waals surface area (Å²) in [6.07, 6.45) is 4.22. The molecule has 0 aliphatic carbocycles. The lowest BCUT2D eigenvalue weighted by molar-refractivity contribution is 0.103. The molecule has 3 aromatic heterocycles. The van der Waals surface area contributed by atoms with Gasteiger partial charge in [0.2, 0.25) is 11.7 Å². The van der Waals surface area contributed by atoms with Gasteiger partial charge in [-0.25, -0.2) is 19.3 Å². The van der Waals surface area contributed by atoms with Gasteiger partial charge in [-0.15, -0.1) is 0 Å². The number of hydrogen-bond acceptors (Lipinski definition) is 7. The van der Waals surface area contributed by atoms with Crippen molar-refractivity contribution in [2.24, 2.45) is 7.05 Å². The highest BCUT2D eigenvalue weighted by Crippen LogP contribution is 2.22. The Morgan fingerprint density at radius 1 is 1.30 bits per heavy atom. The Bertz CT molecular complexity index is 840. The van der Waals surface area contributed by atoms with Gasteiger partial charge in [0.05, 0.1) is 18.5 Å². The van der Waals surface area contributed by atoms with Gasteiger partial charge in [0.15, 0.2) is 5.82 Å². The highest BCUT2D eigenvalue weighted by molar-refractivity contribution is 6.11. The van der Waals surface area contributed by atoms with Crippen molar-refractivity contribution in [2.75, 3.05) is 7.11 Å². The quantitative estimate of drug-likeness (QED) is 0.682. The number of ketones is 1. The summed E-state index contributed by atoms with van der Waals surface area (Å²) in [5.41, 5.74) is 0.882. The van der Waals surface area contributed by atoms with E-state index in [1.165, 1.54) is 35.3 Å². The van der Waals surface area contributed by atoms with Gasteiger partial charge in [-0.2, -0.15) is 10.2 Å². The number of aromatic nitrogens is 6. The maximum Gasteiger partial charge on any atom is 0.220 e. The van der Waals surface area contributed by atoms with Crippen molar-refractivity contribution >= 4 is 5.78 Å². The third-order valence-electron chi connectivity index (χ3n) is 3.29. The van der Waals surface area contributed by atoms with Gasteiger partial charge < -0.3 is 9.84 Å². The number of aromatic hydroxyl groups is 1. The van der Waals surface area contributed by atoms with Gasteiger partial charge in [-0.05, 0) is 12.1 Å². The second-order valence-corrected chi connectivity index (χ2v) is 4.77. The van der Waals surface area contributed by atoms with Crippen LogP contribution in [0, 0.1) is 0 Å². The van der Waals surface area contributed by atoms with E-state index in [1.807, 2.05) is 0 Å². The molecule has 0 unspecified atom stereocenters. The molecule has 0 aromatic carbocycles. The zero-order valence-corrected chi connectivity index (χ0v) is 12.5. The van der Waals surface area contributed by atoms with Crippen molar-refractivity contribution in [3.05, 3.63) is 47.8 Å². The molecule has 0 bridgehead atoms. The van der Waals surface area contributed by atoms with E-state index in [4.69, 9.17) is 4.74 Å². The topological polar surface area (TPSA) is 108 Å². The number of aryl methyl sites for hydroxylation is 1. The van der Waals surface area contributed by atoms with E-state index in [-0.39, 0.29) is 23.8 Å². The van der Waals surface area contributed by atoms with Crippen LogP contribution in [0.3, 0.4) is 0 Å². The number of carbonyl (C=O) groups is 1. The zero-order chi connectivity index (χ0) is 16.4. The summed E-state index contributed by atoms with van der Waals surface area (Å²) < 4.78 is 7.82. The Morgan fingerprint density at radius 3 is 2.74 bits per heavy atom. The fourth-order valence-corrected chi connectivity index (χ4v) is 2.13. The second kappa shape index (κ2) is 5.97. The van der Waals surface area contributed by atoms with E-state index in [0.29, 0.717) is 17.1 Å². The first-order valence-corrected chi connectivity index (χ1v) is 6.71. The number of nitrogens with zero attached hydrogens (tertiary/aromatic N) is 6. The molecule has 23 heavy (non-hydrogen) atoms. The Hall–Kier alpha value is -3.07. The maximum absolute atomic E-state index is 12.6. The van der Waals surface area contributed by atoms with E-state index >= 15 is 0 Å². The van der Waals surface area contributed by atoms with Crippen molar-refractivity contribution in [1.82, 2.24) is 29.5 Å². The van der Waals surface area contributed by atoms with E-state index in [9.17, 15) is 9.90 Å². The van der Waals surface area contributed by atoms with E-state index in [0.717, 1.165) is 0 Å². The average molecular weight is 314 g/mol. The standard InChI is InChI=1S/C14H14N6O3/c1-19-14(22)10(5-16-19)13(21)9-3-4-12(18-11(9)6-23-2)20-8-15-7-17-20/h3-5,7-8,22H,6H2,1-2H3. The molecule has 118 valence electrons. The Morgan fingerprint density at radius 2 is 2.13 bits per heavy atom. The number of methoxy groups -OCH3 is 1. The first kappa shape index (κ1) is 14.9. The molecule has 0 atom stereocenters.